The highest BCUT2D eigenvalue weighted by molar-refractivity contribution is 8.08. The van der Waals surface area contributed by atoms with Gasteiger partial charge in [0, 0.05) is 10.3 Å². The van der Waals surface area contributed by atoms with Crippen molar-refractivity contribution < 1.29 is 0 Å². The molecule has 0 saturated heterocycles. The summed E-state index contributed by atoms with van der Waals surface area (Å²) in [6.07, 6.45) is 0. The molecule has 1 aliphatic heterocycles. The molecule has 3 aromatic rings. The molecule has 4 rings (SSSR count). The molecule has 0 atom stereocenters. The first-order valence-corrected chi connectivity index (χ1v) is 8.52. The van der Waals surface area contributed by atoms with Crippen LogP contribution in [0, 0.1) is 0 Å². The molecular formula is C15H9NS3. The molecule has 19 heavy (non-hydrogen) atoms. The lowest BCUT2D eigenvalue weighted by Crippen LogP contribution is -1.92. The Kier molecular flexibility index (Phi) is 2.87. The molecule has 1 aromatic carbocycles. The van der Waals surface area contributed by atoms with E-state index in [1.165, 1.54) is 20.1 Å². The predicted octanol–water partition coefficient (Wildman–Crippen LogP) is 5.63. The molecule has 0 aliphatic carbocycles. The molecule has 92 valence electrons. The smallest absolute Gasteiger partial charge is 0.0959 e. The highest BCUT2D eigenvalue weighted by Gasteiger charge is 2.18. The van der Waals surface area contributed by atoms with Crippen molar-refractivity contribution in [2.45, 2.75) is 9.79 Å². The lowest BCUT2D eigenvalue weighted by Gasteiger charge is -2.16. The molecule has 0 radical (unpaired) electrons. The number of aromatic nitrogens is 1. The topological polar surface area (TPSA) is 12.9 Å². The van der Waals surface area contributed by atoms with Gasteiger partial charge in [0.2, 0.25) is 0 Å². The molecule has 0 fully saturated rings. The quantitative estimate of drug-likeness (QED) is 0.578. The van der Waals surface area contributed by atoms with Gasteiger partial charge in [-0.05, 0) is 28.3 Å². The van der Waals surface area contributed by atoms with Gasteiger partial charge in [-0.2, -0.15) is 0 Å². The third-order valence-corrected chi connectivity index (χ3v) is 6.00. The van der Waals surface area contributed by atoms with Crippen LogP contribution in [-0.2, 0) is 0 Å². The molecule has 2 aromatic heterocycles. The van der Waals surface area contributed by atoms with Gasteiger partial charge in [0.1, 0.15) is 0 Å². The molecule has 1 aliphatic rings. The molecule has 0 unspecified atom stereocenters. The summed E-state index contributed by atoms with van der Waals surface area (Å²) in [5.41, 5.74) is 2.19. The van der Waals surface area contributed by atoms with E-state index in [0.717, 1.165) is 11.2 Å². The van der Waals surface area contributed by atoms with E-state index >= 15 is 0 Å². The van der Waals surface area contributed by atoms with Gasteiger partial charge in [-0.1, -0.05) is 47.8 Å². The van der Waals surface area contributed by atoms with Crippen LogP contribution in [0.25, 0.3) is 21.5 Å². The molecule has 3 heterocycles. The van der Waals surface area contributed by atoms with Crippen LogP contribution in [-0.4, -0.2) is 4.98 Å². The summed E-state index contributed by atoms with van der Waals surface area (Å²) in [6, 6.07) is 12.6. The van der Waals surface area contributed by atoms with Crippen molar-refractivity contribution in [2.24, 2.45) is 0 Å². The maximum absolute atomic E-state index is 4.87. The SMILES string of the molecule is C1=CSc2c(c(-c3cccs3)nc3ccccc23)S1. The second kappa shape index (κ2) is 4.71. The first-order valence-electron chi connectivity index (χ1n) is 5.88. The molecule has 1 nitrogen and oxygen atoms in total. The van der Waals surface area contributed by atoms with Crippen LogP contribution in [0.5, 0.6) is 0 Å². The first kappa shape index (κ1) is 11.6. The van der Waals surface area contributed by atoms with Crippen LogP contribution in [0.15, 0.2) is 62.4 Å². The van der Waals surface area contributed by atoms with Crippen LogP contribution in [0.1, 0.15) is 0 Å². The van der Waals surface area contributed by atoms with Crippen molar-refractivity contribution >= 4 is 45.8 Å². The largest absolute Gasteiger partial charge is 0.246 e. The number of hydrogen-bond donors (Lipinski definition) is 0. The summed E-state index contributed by atoms with van der Waals surface area (Å²) >= 11 is 5.31. The van der Waals surface area contributed by atoms with Crippen molar-refractivity contribution in [3.8, 4) is 10.6 Å². The van der Waals surface area contributed by atoms with Crippen LogP contribution in [0.2, 0.25) is 0 Å². The zero-order valence-electron chi connectivity index (χ0n) is 9.87. The summed E-state index contributed by atoms with van der Waals surface area (Å²) in [4.78, 5) is 8.73. The van der Waals surface area contributed by atoms with E-state index < -0.39 is 0 Å². The number of pyridine rings is 1. The molecular weight excluding hydrogens is 290 g/mol. The number of rotatable bonds is 1. The van der Waals surface area contributed by atoms with Crippen molar-refractivity contribution in [2.75, 3.05) is 0 Å². The Labute approximate surface area is 123 Å². The average Bonchev–Trinajstić information content (AvgIpc) is 3.00. The highest BCUT2D eigenvalue weighted by Crippen LogP contribution is 2.46. The standard InChI is InChI=1S/C15H9NS3/c1-2-5-11-10(4-1)14-15(19-9-8-18-14)13(16-11)12-6-3-7-17-12/h1-9H. The molecule has 4 heteroatoms. The van der Waals surface area contributed by atoms with Gasteiger partial charge in [-0.3, -0.25) is 0 Å². The number of fused-ring (bicyclic) bond motifs is 3. The van der Waals surface area contributed by atoms with E-state index in [9.17, 15) is 0 Å². The number of thioether (sulfide) groups is 2. The average molecular weight is 299 g/mol. The minimum atomic E-state index is 1.08. The summed E-state index contributed by atoms with van der Waals surface area (Å²) < 4.78 is 0. The molecule has 0 bridgehead atoms. The summed E-state index contributed by atoms with van der Waals surface area (Å²) in [5, 5.41) is 7.65. The third-order valence-electron chi connectivity index (χ3n) is 2.98. The van der Waals surface area contributed by atoms with Crippen LogP contribution >= 0.6 is 34.9 Å². The zero-order chi connectivity index (χ0) is 12.7. The Bertz CT molecular complexity index is 775. The normalized spacial score (nSPS) is 13.7. The Balaban J connectivity index is 2.09. The minimum Gasteiger partial charge on any atom is -0.246 e. The van der Waals surface area contributed by atoms with Gasteiger partial charge in [0.15, 0.2) is 0 Å². The summed E-state index contributed by atoms with van der Waals surface area (Å²) in [7, 11) is 0. The Morgan fingerprint density at radius 1 is 0.842 bits per heavy atom. The Morgan fingerprint density at radius 2 is 1.68 bits per heavy atom. The van der Waals surface area contributed by atoms with Gasteiger partial charge in [-0.25, -0.2) is 4.98 Å². The van der Waals surface area contributed by atoms with Crippen LogP contribution in [0.4, 0.5) is 0 Å². The molecule has 0 N–H and O–H groups in total. The van der Waals surface area contributed by atoms with E-state index in [4.69, 9.17) is 4.98 Å². The fraction of sp³-hybridized carbons (Fsp3) is 0. The lowest BCUT2D eigenvalue weighted by molar-refractivity contribution is 1.22. The fourth-order valence-electron chi connectivity index (χ4n) is 2.16. The molecule has 0 saturated carbocycles. The van der Waals surface area contributed by atoms with Gasteiger partial charge in [-0.15, -0.1) is 11.3 Å². The maximum atomic E-state index is 4.87. The molecule has 0 amide bonds. The second-order valence-electron chi connectivity index (χ2n) is 4.12. The fourth-order valence-corrected chi connectivity index (χ4v) is 4.94. The van der Waals surface area contributed by atoms with Crippen molar-refractivity contribution in [1.29, 1.82) is 0 Å². The number of nitrogens with zero attached hydrogens (tertiary/aromatic N) is 1. The minimum absolute atomic E-state index is 1.08. The van der Waals surface area contributed by atoms with E-state index in [1.54, 1.807) is 34.9 Å². The lowest BCUT2D eigenvalue weighted by atomic mass is 10.2. The van der Waals surface area contributed by atoms with E-state index in [2.05, 4.69) is 52.6 Å². The highest BCUT2D eigenvalue weighted by atomic mass is 32.2. The monoisotopic (exact) mass is 299 g/mol. The number of thiophene rings is 1. The van der Waals surface area contributed by atoms with Crippen LogP contribution < -0.4 is 0 Å². The number of hydrogen-bond acceptors (Lipinski definition) is 4. The first-order chi connectivity index (χ1) is 9.43. The van der Waals surface area contributed by atoms with E-state index in [1.807, 2.05) is 0 Å². The van der Waals surface area contributed by atoms with Gasteiger partial charge < -0.3 is 0 Å². The van der Waals surface area contributed by atoms with Crippen molar-refractivity contribution in [3.63, 3.8) is 0 Å². The predicted molar refractivity (Wildman–Crippen MR) is 85.9 cm³/mol. The molecule has 0 spiro atoms. The van der Waals surface area contributed by atoms with Crippen molar-refractivity contribution in [3.05, 3.63) is 52.6 Å². The second-order valence-corrected chi connectivity index (χ2v) is 6.90. The Hall–Kier alpha value is -1.23. The Morgan fingerprint density at radius 3 is 2.53 bits per heavy atom. The zero-order valence-corrected chi connectivity index (χ0v) is 12.3. The van der Waals surface area contributed by atoms with Gasteiger partial charge in [0.05, 0.1) is 21.0 Å². The van der Waals surface area contributed by atoms with Crippen LogP contribution in [0.3, 0.4) is 0 Å². The maximum Gasteiger partial charge on any atom is 0.0959 e. The summed E-state index contributed by atoms with van der Waals surface area (Å²) in [5.74, 6) is 0. The van der Waals surface area contributed by atoms with Crippen molar-refractivity contribution in [1.82, 2.24) is 4.98 Å². The number of para-hydroxylation sites is 1. The van der Waals surface area contributed by atoms with E-state index in [-0.39, 0.29) is 0 Å². The third kappa shape index (κ3) is 1.91. The van der Waals surface area contributed by atoms with Gasteiger partial charge >= 0.3 is 0 Å². The van der Waals surface area contributed by atoms with E-state index in [0.29, 0.717) is 0 Å². The summed E-state index contributed by atoms with van der Waals surface area (Å²) in [6.45, 7) is 0. The number of benzene rings is 1. The van der Waals surface area contributed by atoms with Gasteiger partial charge in [0.25, 0.3) is 0 Å².